The number of nitrogens with zero attached hydrogens (tertiary/aromatic N) is 1. The number of anilines is 2. The van der Waals surface area contributed by atoms with Crippen molar-refractivity contribution in [2.24, 2.45) is 0 Å². The molecule has 4 heteroatoms. The van der Waals surface area contributed by atoms with E-state index in [1.807, 2.05) is 30.3 Å². The maximum atomic E-state index is 12.4. The molecule has 1 heterocycles. The van der Waals surface area contributed by atoms with E-state index in [0.717, 1.165) is 17.8 Å². The number of carbonyl (C=O) groups excluding carboxylic acids is 1. The Labute approximate surface area is 154 Å². The average molecular weight is 345 g/mol. The van der Waals surface area contributed by atoms with Gasteiger partial charge in [-0.05, 0) is 55.2 Å². The highest BCUT2D eigenvalue weighted by atomic mass is 16.1. The summed E-state index contributed by atoms with van der Waals surface area (Å²) in [6.45, 7) is 4.76. The topological polar surface area (TPSA) is 54.0 Å². The van der Waals surface area contributed by atoms with Crippen LogP contribution in [0.3, 0.4) is 0 Å². The molecule has 0 spiro atoms. The summed E-state index contributed by atoms with van der Waals surface area (Å²) in [5, 5.41) is 6.26. The minimum Gasteiger partial charge on any atom is -0.354 e. The smallest absolute Gasteiger partial charge is 0.252 e. The number of hydrogen-bond donors (Lipinski definition) is 2. The fraction of sp³-hybridized carbons (Fsp3) is 0.182. The molecule has 3 aromatic rings. The number of rotatable bonds is 6. The molecule has 1 aromatic heterocycles. The zero-order chi connectivity index (χ0) is 18.4. The first-order valence-corrected chi connectivity index (χ1v) is 8.73. The van der Waals surface area contributed by atoms with Gasteiger partial charge in [-0.15, -0.1) is 0 Å². The highest BCUT2D eigenvalue weighted by Gasteiger charge is 2.07. The largest absolute Gasteiger partial charge is 0.354 e. The van der Waals surface area contributed by atoms with E-state index in [1.54, 1.807) is 12.4 Å². The molecule has 0 saturated carbocycles. The second-order valence-electron chi connectivity index (χ2n) is 6.38. The van der Waals surface area contributed by atoms with E-state index in [9.17, 15) is 4.79 Å². The van der Waals surface area contributed by atoms with E-state index in [0.29, 0.717) is 12.1 Å². The van der Waals surface area contributed by atoms with Crippen molar-refractivity contribution in [3.63, 3.8) is 0 Å². The average Bonchev–Trinajstić information content (AvgIpc) is 2.66. The summed E-state index contributed by atoms with van der Waals surface area (Å²) in [5.41, 5.74) is 6.00. The first-order valence-electron chi connectivity index (χ1n) is 8.73. The van der Waals surface area contributed by atoms with Crippen LogP contribution >= 0.6 is 0 Å². The van der Waals surface area contributed by atoms with Gasteiger partial charge in [0.05, 0.1) is 17.4 Å². The SMILES string of the molecule is Cc1ccc(Nc2cncc(C(=O)NCCc3ccccc3)c2)cc1C. The highest BCUT2D eigenvalue weighted by Crippen LogP contribution is 2.19. The Morgan fingerprint density at radius 2 is 1.73 bits per heavy atom. The Hall–Kier alpha value is -3.14. The fourth-order valence-electron chi connectivity index (χ4n) is 2.69. The number of amides is 1. The van der Waals surface area contributed by atoms with Crippen LogP contribution in [0.15, 0.2) is 67.0 Å². The number of nitrogens with one attached hydrogen (secondary N) is 2. The van der Waals surface area contributed by atoms with Gasteiger partial charge in [0.2, 0.25) is 0 Å². The Morgan fingerprint density at radius 1 is 0.923 bits per heavy atom. The van der Waals surface area contributed by atoms with Gasteiger partial charge in [0.1, 0.15) is 0 Å². The van der Waals surface area contributed by atoms with Crippen LogP contribution in [0.2, 0.25) is 0 Å². The third kappa shape index (κ3) is 4.70. The van der Waals surface area contributed by atoms with Crippen molar-refractivity contribution < 1.29 is 4.79 Å². The molecule has 0 aliphatic heterocycles. The molecule has 0 bridgehead atoms. The molecule has 132 valence electrons. The second-order valence-corrected chi connectivity index (χ2v) is 6.38. The number of aryl methyl sites for hydroxylation is 2. The Morgan fingerprint density at radius 3 is 2.50 bits per heavy atom. The standard InChI is InChI=1S/C22H23N3O/c1-16-8-9-20(12-17(16)2)25-21-13-19(14-23-15-21)22(26)24-11-10-18-6-4-3-5-7-18/h3-9,12-15,25H,10-11H2,1-2H3,(H,24,26). The zero-order valence-electron chi connectivity index (χ0n) is 15.1. The molecule has 4 nitrogen and oxygen atoms in total. The molecule has 2 N–H and O–H groups in total. The van der Waals surface area contributed by atoms with E-state index < -0.39 is 0 Å². The van der Waals surface area contributed by atoms with Crippen LogP contribution in [-0.2, 0) is 6.42 Å². The zero-order valence-corrected chi connectivity index (χ0v) is 15.1. The van der Waals surface area contributed by atoms with Crippen LogP contribution in [0.25, 0.3) is 0 Å². The number of aromatic nitrogens is 1. The molecule has 3 rings (SSSR count). The van der Waals surface area contributed by atoms with Crippen molar-refractivity contribution in [3.8, 4) is 0 Å². The van der Waals surface area contributed by atoms with E-state index in [4.69, 9.17) is 0 Å². The molecule has 0 unspecified atom stereocenters. The van der Waals surface area contributed by atoms with Crippen molar-refractivity contribution >= 4 is 17.3 Å². The quantitative estimate of drug-likeness (QED) is 0.695. The first kappa shape index (κ1) is 17.7. The Kier molecular flexibility index (Phi) is 5.64. The predicted octanol–water partition coefficient (Wildman–Crippen LogP) is 4.41. The maximum Gasteiger partial charge on any atom is 0.252 e. The summed E-state index contributed by atoms with van der Waals surface area (Å²) in [6, 6.07) is 18.1. The van der Waals surface area contributed by atoms with Crippen molar-refractivity contribution in [1.82, 2.24) is 10.3 Å². The van der Waals surface area contributed by atoms with Crippen LogP contribution in [0.4, 0.5) is 11.4 Å². The third-order valence-corrected chi connectivity index (χ3v) is 4.34. The van der Waals surface area contributed by atoms with Gasteiger partial charge in [-0.2, -0.15) is 0 Å². The summed E-state index contributed by atoms with van der Waals surface area (Å²) in [4.78, 5) is 16.5. The lowest BCUT2D eigenvalue weighted by atomic mass is 10.1. The van der Waals surface area contributed by atoms with E-state index in [-0.39, 0.29) is 5.91 Å². The molecule has 26 heavy (non-hydrogen) atoms. The molecular formula is C22H23N3O. The minimum atomic E-state index is -0.114. The van der Waals surface area contributed by atoms with Crippen molar-refractivity contribution in [2.45, 2.75) is 20.3 Å². The van der Waals surface area contributed by atoms with Gasteiger partial charge in [0.15, 0.2) is 0 Å². The summed E-state index contributed by atoms with van der Waals surface area (Å²) in [7, 11) is 0. The number of pyridine rings is 1. The van der Waals surface area contributed by atoms with Crippen LogP contribution in [-0.4, -0.2) is 17.4 Å². The van der Waals surface area contributed by atoms with Crippen molar-refractivity contribution in [1.29, 1.82) is 0 Å². The van der Waals surface area contributed by atoms with Gasteiger partial charge in [0, 0.05) is 18.4 Å². The lowest BCUT2D eigenvalue weighted by molar-refractivity contribution is 0.0954. The fourth-order valence-corrected chi connectivity index (χ4v) is 2.69. The molecule has 0 atom stereocenters. The molecule has 0 radical (unpaired) electrons. The molecule has 0 saturated heterocycles. The lowest BCUT2D eigenvalue weighted by Crippen LogP contribution is -2.25. The van der Waals surface area contributed by atoms with Gasteiger partial charge in [-0.1, -0.05) is 36.4 Å². The summed E-state index contributed by atoms with van der Waals surface area (Å²) in [5.74, 6) is -0.114. The van der Waals surface area contributed by atoms with Gasteiger partial charge in [0.25, 0.3) is 5.91 Å². The monoisotopic (exact) mass is 345 g/mol. The number of carbonyl (C=O) groups is 1. The van der Waals surface area contributed by atoms with Gasteiger partial charge in [-0.3, -0.25) is 9.78 Å². The summed E-state index contributed by atoms with van der Waals surface area (Å²) in [6.07, 6.45) is 4.11. The summed E-state index contributed by atoms with van der Waals surface area (Å²) >= 11 is 0. The van der Waals surface area contributed by atoms with Crippen LogP contribution in [0.1, 0.15) is 27.0 Å². The molecule has 0 aliphatic carbocycles. The highest BCUT2D eigenvalue weighted by molar-refractivity contribution is 5.94. The van der Waals surface area contributed by atoms with Crippen LogP contribution < -0.4 is 10.6 Å². The van der Waals surface area contributed by atoms with Gasteiger partial charge < -0.3 is 10.6 Å². The Balaban J connectivity index is 1.60. The molecule has 0 fully saturated rings. The molecule has 1 amide bonds. The lowest BCUT2D eigenvalue weighted by Gasteiger charge is -2.10. The Bertz CT molecular complexity index is 891. The molecular weight excluding hydrogens is 322 g/mol. The third-order valence-electron chi connectivity index (χ3n) is 4.34. The molecule has 0 aliphatic rings. The number of benzene rings is 2. The summed E-state index contributed by atoms with van der Waals surface area (Å²) < 4.78 is 0. The maximum absolute atomic E-state index is 12.4. The van der Waals surface area contributed by atoms with Gasteiger partial charge >= 0.3 is 0 Å². The predicted molar refractivity (Wildman–Crippen MR) is 106 cm³/mol. The number of hydrogen-bond acceptors (Lipinski definition) is 3. The van der Waals surface area contributed by atoms with Crippen molar-refractivity contribution in [3.05, 3.63) is 89.2 Å². The second kappa shape index (κ2) is 8.30. The van der Waals surface area contributed by atoms with E-state index in [1.165, 1.54) is 16.7 Å². The minimum absolute atomic E-state index is 0.114. The van der Waals surface area contributed by atoms with Crippen LogP contribution in [0, 0.1) is 13.8 Å². The van der Waals surface area contributed by atoms with E-state index >= 15 is 0 Å². The van der Waals surface area contributed by atoms with Crippen molar-refractivity contribution in [2.75, 3.05) is 11.9 Å². The van der Waals surface area contributed by atoms with E-state index in [2.05, 4.69) is 53.7 Å². The van der Waals surface area contributed by atoms with Crippen LogP contribution in [0.5, 0.6) is 0 Å². The first-order chi connectivity index (χ1) is 12.6. The van der Waals surface area contributed by atoms with Gasteiger partial charge in [-0.25, -0.2) is 0 Å². The molecule has 2 aromatic carbocycles. The normalized spacial score (nSPS) is 10.4.